The van der Waals surface area contributed by atoms with Gasteiger partial charge in [-0.1, -0.05) is 23.3 Å². The maximum absolute atomic E-state index is 12.2. The third-order valence-corrected chi connectivity index (χ3v) is 8.31. The zero-order chi connectivity index (χ0) is 26.4. The molecule has 0 radical (unpaired) electrons. The number of halogens is 1. The standard InChI is InChI=1S/C18H26ClN10O7P/c1-18(37(32,33)34,6-10-23-26-27-24-10)35-7-9-12(30)13(31)16(36-9)29-15-11(25-28-29)14(21-17(19)22-15)20-8-4-2-3-5-8/h8-9,12-13,16,30-31H,2-7H2,1H3,(H,20,21,22)(H2,32,33,34)(H,23,24,26,27)/t9-,12-,13-,16-,18?/m1/s1. The fraction of sp³-hybridized carbons (Fsp3) is 0.722. The number of aliphatic hydroxyl groups is 2. The molecule has 3 aromatic rings. The highest BCUT2D eigenvalue weighted by Gasteiger charge is 2.49. The van der Waals surface area contributed by atoms with Gasteiger partial charge in [0.1, 0.15) is 18.3 Å². The van der Waals surface area contributed by atoms with Crippen LogP contribution in [0.5, 0.6) is 0 Å². The molecule has 202 valence electrons. The molecule has 19 heteroatoms. The lowest BCUT2D eigenvalue weighted by molar-refractivity contribution is -0.0949. The predicted octanol–water partition coefficient (Wildman–Crippen LogP) is -0.485. The highest BCUT2D eigenvalue weighted by molar-refractivity contribution is 7.53. The first-order chi connectivity index (χ1) is 17.6. The number of tetrazole rings is 1. The SMILES string of the molecule is CC(Cc1nn[nH]n1)(OC[C@H]1O[C@@H](n2nnc3c(NC4CCCC4)nc(Cl)nc32)[C@H](O)[C@@H]1O)P(=O)(O)O. The van der Waals surface area contributed by atoms with E-state index >= 15 is 0 Å². The number of anilines is 1. The normalized spacial score (nSPS) is 26.6. The monoisotopic (exact) mass is 560 g/mol. The highest BCUT2D eigenvalue weighted by atomic mass is 35.5. The molecule has 1 aliphatic carbocycles. The number of ether oxygens (including phenoxy) is 2. The fourth-order valence-corrected chi connectivity index (χ4v) is 5.21. The molecule has 2 aliphatic rings. The molecule has 3 aromatic heterocycles. The Morgan fingerprint density at radius 1 is 1.24 bits per heavy atom. The van der Waals surface area contributed by atoms with Gasteiger partial charge < -0.3 is 34.8 Å². The molecule has 1 saturated carbocycles. The number of aromatic nitrogens is 9. The van der Waals surface area contributed by atoms with Gasteiger partial charge >= 0.3 is 7.60 Å². The van der Waals surface area contributed by atoms with Crippen molar-refractivity contribution in [3.63, 3.8) is 0 Å². The Balaban J connectivity index is 1.35. The minimum absolute atomic E-state index is 0.0179. The summed E-state index contributed by atoms with van der Waals surface area (Å²) in [7, 11) is -4.85. The average molecular weight is 561 g/mol. The second kappa shape index (κ2) is 10.1. The summed E-state index contributed by atoms with van der Waals surface area (Å²) in [5.74, 6) is 0.421. The van der Waals surface area contributed by atoms with Crippen molar-refractivity contribution in [1.82, 2.24) is 45.6 Å². The quantitative estimate of drug-likeness (QED) is 0.143. The first-order valence-corrected chi connectivity index (χ1v) is 13.5. The molecule has 1 unspecified atom stereocenters. The van der Waals surface area contributed by atoms with Gasteiger partial charge in [0.2, 0.25) is 5.28 Å². The lowest BCUT2D eigenvalue weighted by atomic mass is 10.1. The molecule has 37 heavy (non-hydrogen) atoms. The van der Waals surface area contributed by atoms with Crippen molar-refractivity contribution < 1.29 is 34.0 Å². The van der Waals surface area contributed by atoms with Gasteiger partial charge in [0.15, 0.2) is 34.4 Å². The van der Waals surface area contributed by atoms with Crippen LogP contribution in [0.15, 0.2) is 0 Å². The third-order valence-electron chi connectivity index (χ3n) is 6.62. The molecule has 17 nitrogen and oxygen atoms in total. The van der Waals surface area contributed by atoms with E-state index in [1.807, 2.05) is 0 Å². The Kier molecular flexibility index (Phi) is 7.14. The summed E-state index contributed by atoms with van der Waals surface area (Å²) in [6.45, 7) is 0.702. The van der Waals surface area contributed by atoms with Crippen LogP contribution in [-0.4, -0.2) is 102 Å². The Morgan fingerprint density at radius 2 is 2.00 bits per heavy atom. The smallest absolute Gasteiger partial charge is 0.357 e. The highest BCUT2D eigenvalue weighted by Crippen LogP contribution is 2.52. The van der Waals surface area contributed by atoms with E-state index in [0.29, 0.717) is 11.3 Å². The Morgan fingerprint density at radius 3 is 2.68 bits per heavy atom. The van der Waals surface area contributed by atoms with E-state index in [1.54, 1.807) is 0 Å². The summed E-state index contributed by atoms with van der Waals surface area (Å²) >= 11 is 6.14. The Bertz CT molecular complexity index is 1290. The third kappa shape index (κ3) is 5.18. The van der Waals surface area contributed by atoms with Crippen LogP contribution in [0.2, 0.25) is 5.28 Å². The van der Waals surface area contributed by atoms with E-state index < -0.39 is 44.1 Å². The molecule has 4 heterocycles. The molecule has 2 fully saturated rings. The second-order valence-corrected chi connectivity index (χ2v) is 11.6. The van der Waals surface area contributed by atoms with Crippen LogP contribution in [0, 0.1) is 0 Å². The van der Waals surface area contributed by atoms with Crippen molar-refractivity contribution >= 4 is 36.2 Å². The van der Waals surface area contributed by atoms with E-state index in [2.05, 4.69) is 46.2 Å². The van der Waals surface area contributed by atoms with Crippen molar-refractivity contribution in [3.05, 3.63) is 11.1 Å². The molecular formula is C18H26ClN10O7P. The maximum atomic E-state index is 12.2. The number of aliphatic hydroxyl groups excluding tert-OH is 2. The number of aromatic amines is 1. The number of hydrogen-bond donors (Lipinski definition) is 6. The summed E-state index contributed by atoms with van der Waals surface area (Å²) in [6, 6.07) is 0.215. The average Bonchev–Trinajstić information content (AvgIpc) is 3.63. The van der Waals surface area contributed by atoms with Crippen molar-refractivity contribution in [2.24, 2.45) is 0 Å². The molecule has 5 rings (SSSR count). The Hall–Kier alpha value is -2.37. The van der Waals surface area contributed by atoms with Crippen LogP contribution in [0.3, 0.4) is 0 Å². The van der Waals surface area contributed by atoms with Gasteiger partial charge in [0.25, 0.3) is 0 Å². The zero-order valence-corrected chi connectivity index (χ0v) is 21.2. The molecule has 0 spiro atoms. The van der Waals surface area contributed by atoms with Gasteiger partial charge in [-0.05, 0) is 31.4 Å². The predicted molar refractivity (Wildman–Crippen MR) is 124 cm³/mol. The van der Waals surface area contributed by atoms with Crippen LogP contribution >= 0.6 is 19.2 Å². The zero-order valence-electron chi connectivity index (χ0n) is 19.5. The van der Waals surface area contributed by atoms with Gasteiger partial charge in [-0.25, -0.2) is 0 Å². The maximum Gasteiger partial charge on any atom is 0.357 e. The molecule has 0 bridgehead atoms. The molecule has 1 saturated heterocycles. The number of nitrogens with zero attached hydrogens (tertiary/aromatic N) is 8. The van der Waals surface area contributed by atoms with E-state index in [4.69, 9.17) is 21.1 Å². The van der Waals surface area contributed by atoms with Crippen LogP contribution in [0.25, 0.3) is 11.2 Å². The summed E-state index contributed by atoms with van der Waals surface area (Å²) in [5.41, 5.74) is 0.492. The number of fused-ring (bicyclic) bond motifs is 1. The summed E-state index contributed by atoms with van der Waals surface area (Å²) in [6.07, 6.45) is -1.59. The fourth-order valence-electron chi connectivity index (χ4n) is 4.46. The van der Waals surface area contributed by atoms with Gasteiger partial charge in [-0.3, -0.25) is 4.57 Å². The molecule has 0 aromatic carbocycles. The number of nitrogens with one attached hydrogen (secondary N) is 2. The lowest BCUT2D eigenvalue weighted by Gasteiger charge is -2.30. The Labute approximate surface area is 214 Å². The van der Waals surface area contributed by atoms with Crippen molar-refractivity contribution in [2.45, 2.75) is 75.0 Å². The lowest BCUT2D eigenvalue weighted by Crippen LogP contribution is -2.39. The van der Waals surface area contributed by atoms with Gasteiger partial charge in [-0.15, -0.1) is 15.3 Å². The van der Waals surface area contributed by atoms with E-state index in [0.717, 1.165) is 25.7 Å². The molecule has 1 aliphatic heterocycles. The van der Waals surface area contributed by atoms with Crippen LogP contribution in [0.1, 0.15) is 44.7 Å². The number of rotatable bonds is 9. The molecule has 5 atom stereocenters. The van der Waals surface area contributed by atoms with Crippen LogP contribution < -0.4 is 5.32 Å². The first kappa shape index (κ1) is 26.2. The van der Waals surface area contributed by atoms with Gasteiger partial charge in [0, 0.05) is 6.04 Å². The minimum atomic E-state index is -4.85. The van der Waals surface area contributed by atoms with Crippen LogP contribution in [-0.2, 0) is 20.5 Å². The van der Waals surface area contributed by atoms with Gasteiger partial charge in [0.05, 0.1) is 13.0 Å². The van der Waals surface area contributed by atoms with E-state index in [1.165, 1.54) is 11.6 Å². The van der Waals surface area contributed by atoms with Crippen molar-refractivity contribution in [3.8, 4) is 0 Å². The van der Waals surface area contributed by atoms with Crippen molar-refractivity contribution in [1.29, 1.82) is 0 Å². The topological polar surface area (TPSA) is 239 Å². The first-order valence-electron chi connectivity index (χ1n) is 11.5. The molecular weight excluding hydrogens is 535 g/mol. The van der Waals surface area contributed by atoms with E-state index in [9.17, 15) is 24.6 Å². The number of hydrogen-bond acceptors (Lipinski definition) is 13. The summed E-state index contributed by atoms with van der Waals surface area (Å²) in [5, 5.41) is 43.7. The molecule has 0 amide bonds. The summed E-state index contributed by atoms with van der Waals surface area (Å²) < 4.78 is 24.7. The number of H-pyrrole nitrogens is 1. The molecule has 6 N–H and O–H groups in total. The summed E-state index contributed by atoms with van der Waals surface area (Å²) in [4.78, 5) is 28.2. The second-order valence-electron chi connectivity index (χ2n) is 9.25. The minimum Gasteiger partial charge on any atom is -0.387 e. The van der Waals surface area contributed by atoms with E-state index in [-0.39, 0.29) is 29.2 Å². The van der Waals surface area contributed by atoms with Gasteiger partial charge in [-0.2, -0.15) is 19.9 Å². The van der Waals surface area contributed by atoms with Crippen molar-refractivity contribution in [2.75, 3.05) is 11.9 Å². The van der Waals surface area contributed by atoms with Crippen LogP contribution in [0.4, 0.5) is 5.82 Å². The largest absolute Gasteiger partial charge is 0.387 e.